The average Bonchev–Trinajstić information content (AvgIpc) is 2.56. The number of nitrogens with one attached hydrogen (secondary N) is 1. The SMILES string of the molecule is CCNC(=O)N1CCN(C(=O)CN(C)Cc2ccccc2)CC1. The quantitative estimate of drug-likeness (QED) is 0.881. The molecule has 0 radical (unpaired) electrons. The molecule has 1 aromatic carbocycles. The number of carbonyl (C=O) groups excluding carboxylic acids is 2. The van der Waals surface area contributed by atoms with Crippen LogP contribution < -0.4 is 5.32 Å². The van der Waals surface area contributed by atoms with Gasteiger partial charge >= 0.3 is 6.03 Å². The molecule has 0 saturated carbocycles. The summed E-state index contributed by atoms with van der Waals surface area (Å²) in [6.07, 6.45) is 0. The lowest BCUT2D eigenvalue weighted by Crippen LogP contribution is -2.54. The summed E-state index contributed by atoms with van der Waals surface area (Å²) in [4.78, 5) is 29.8. The Labute approximate surface area is 138 Å². The Morgan fingerprint density at radius 2 is 1.70 bits per heavy atom. The largest absolute Gasteiger partial charge is 0.338 e. The maximum atomic E-state index is 12.4. The van der Waals surface area contributed by atoms with E-state index in [1.54, 1.807) is 4.90 Å². The Morgan fingerprint density at radius 1 is 1.09 bits per heavy atom. The first-order chi connectivity index (χ1) is 11.1. The fourth-order valence-corrected chi connectivity index (χ4v) is 2.70. The van der Waals surface area contributed by atoms with Crippen LogP contribution in [0.3, 0.4) is 0 Å². The van der Waals surface area contributed by atoms with Crippen molar-refractivity contribution in [2.45, 2.75) is 13.5 Å². The van der Waals surface area contributed by atoms with Gasteiger partial charge in [0.2, 0.25) is 5.91 Å². The number of piperazine rings is 1. The number of hydrogen-bond donors (Lipinski definition) is 1. The fraction of sp³-hybridized carbons (Fsp3) is 0.529. The molecular weight excluding hydrogens is 292 g/mol. The Bertz CT molecular complexity index is 513. The highest BCUT2D eigenvalue weighted by Gasteiger charge is 2.24. The highest BCUT2D eigenvalue weighted by molar-refractivity contribution is 5.79. The van der Waals surface area contributed by atoms with Gasteiger partial charge in [0.05, 0.1) is 6.54 Å². The van der Waals surface area contributed by atoms with Crippen LogP contribution >= 0.6 is 0 Å². The molecule has 0 bridgehead atoms. The number of nitrogens with zero attached hydrogens (tertiary/aromatic N) is 3. The molecule has 6 heteroatoms. The molecule has 0 aromatic heterocycles. The van der Waals surface area contributed by atoms with Crippen molar-refractivity contribution in [2.24, 2.45) is 0 Å². The molecule has 1 aliphatic heterocycles. The molecule has 1 saturated heterocycles. The predicted octanol–water partition coefficient (Wildman–Crippen LogP) is 0.992. The van der Waals surface area contributed by atoms with Crippen LogP contribution in [0, 0.1) is 0 Å². The van der Waals surface area contributed by atoms with Gasteiger partial charge in [0.1, 0.15) is 0 Å². The van der Waals surface area contributed by atoms with E-state index < -0.39 is 0 Å². The van der Waals surface area contributed by atoms with E-state index in [1.165, 1.54) is 5.56 Å². The Hall–Kier alpha value is -2.08. The van der Waals surface area contributed by atoms with Gasteiger partial charge in [0.25, 0.3) is 0 Å². The summed E-state index contributed by atoms with van der Waals surface area (Å²) in [7, 11) is 1.95. The molecule has 0 atom stereocenters. The van der Waals surface area contributed by atoms with Gasteiger partial charge in [-0.15, -0.1) is 0 Å². The van der Waals surface area contributed by atoms with Crippen LogP contribution in [-0.2, 0) is 11.3 Å². The lowest BCUT2D eigenvalue weighted by Gasteiger charge is -2.35. The zero-order chi connectivity index (χ0) is 16.7. The van der Waals surface area contributed by atoms with E-state index in [0.29, 0.717) is 39.3 Å². The van der Waals surface area contributed by atoms with E-state index in [1.807, 2.05) is 42.0 Å². The molecule has 0 spiro atoms. The summed E-state index contributed by atoms with van der Waals surface area (Å²) in [5, 5.41) is 2.79. The van der Waals surface area contributed by atoms with Crippen LogP contribution in [0.2, 0.25) is 0 Å². The summed E-state index contributed by atoms with van der Waals surface area (Å²) in [5.41, 5.74) is 1.20. The fourth-order valence-electron chi connectivity index (χ4n) is 2.70. The number of hydrogen-bond acceptors (Lipinski definition) is 3. The van der Waals surface area contributed by atoms with Crippen molar-refractivity contribution in [1.82, 2.24) is 20.0 Å². The summed E-state index contributed by atoms with van der Waals surface area (Å²) in [6, 6.07) is 10.1. The minimum absolute atomic E-state index is 0.0409. The van der Waals surface area contributed by atoms with Crippen molar-refractivity contribution in [1.29, 1.82) is 0 Å². The smallest absolute Gasteiger partial charge is 0.317 e. The van der Waals surface area contributed by atoms with Gasteiger partial charge < -0.3 is 15.1 Å². The minimum Gasteiger partial charge on any atom is -0.338 e. The maximum Gasteiger partial charge on any atom is 0.317 e. The van der Waals surface area contributed by atoms with Crippen molar-refractivity contribution in [3.8, 4) is 0 Å². The monoisotopic (exact) mass is 318 g/mol. The molecule has 126 valence electrons. The van der Waals surface area contributed by atoms with E-state index in [0.717, 1.165) is 6.54 Å². The number of rotatable bonds is 5. The molecule has 1 N–H and O–H groups in total. The van der Waals surface area contributed by atoms with Gasteiger partial charge in [-0.2, -0.15) is 0 Å². The summed E-state index contributed by atoms with van der Waals surface area (Å²) >= 11 is 0. The van der Waals surface area contributed by atoms with Gasteiger partial charge in [0.15, 0.2) is 0 Å². The van der Waals surface area contributed by atoms with Crippen LogP contribution in [0.15, 0.2) is 30.3 Å². The minimum atomic E-state index is -0.0409. The second-order valence-corrected chi connectivity index (χ2v) is 5.86. The van der Waals surface area contributed by atoms with E-state index in [4.69, 9.17) is 0 Å². The van der Waals surface area contributed by atoms with Crippen LogP contribution in [0.4, 0.5) is 4.79 Å². The van der Waals surface area contributed by atoms with E-state index in [2.05, 4.69) is 17.4 Å². The summed E-state index contributed by atoms with van der Waals surface area (Å²) < 4.78 is 0. The molecule has 6 nitrogen and oxygen atoms in total. The molecule has 0 aliphatic carbocycles. The highest BCUT2D eigenvalue weighted by atomic mass is 16.2. The third-order valence-electron chi connectivity index (χ3n) is 3.95. The Balaban J connectivity index is 1.75. The van der Waals surface area contributed by atoms with Crippen molar-refractivity contribution in [2.75, 3.05) is 46.3 Å². The van der Waals surface area contributed by atoms with E-state index in [9.17, 15) is 9.59 Å². The maximum absolute atomic E-state index is 12.4. The normalized spacial score (nSPS) is 14.9. The Morgan fingerprint density at radius 3 is 2.30 bits per heavy atom. The molecule has 0 unspecified atom stereocenters. The second kappa shape index (κ2) is 8.53. The second-order valence-electron chi connectivity index (χ2n) is 5.86. The number of carbonyl (C=O) groups is 2. The molecular formula is C17H26N4O2. The van der Waals surface area contributed by atoms with Gasteiger partial charge in [-0.3, -0.25) is 9.69 Å². The van der Waals surface area contributed by atoms with Crippen molar-refractivity contribution in [3.05, 3.63) is 35.9 Å². The lowest BCUT2D eigenvalue weighted by molar-refractivity contribution is -0.133. The first-order valence-electron chi connectivity index (χ1n) is 8.13. The van der Waals surface area contributed by atoms with Gasteiger partial charge in [-0.05, 0) is 19.5 Å². The number of likely N-dealkylation sites (N-methyl/N-ethyl adjacent to an activating group) is 1. The standard InChI is InChI=1S/C17H26N4O2/c1-3-18-17(23)21-11-9-20(10-12-21)16(22)14-19(2)13-15-7-5-4-6-8-15/h4-8H,3,9-14H2,1-2H3,(H,18,23). The van der Waals surface area contributed by atoms with Crippen LogP contribution in [0.25, 0.3) is 0 Å². The number of amides is 3. The third-order valence-corrected chi connectivity index (χ3v) is 3.95. The first-order valence-corrected chi connectivity index (χ1v) is 8.13. The van der Waals surface area contributed by atoms with Crippen LogP contribution in [0.5, 0.6) is 0 Å². The topological polar surface area (TPSA) is 55.9 Å². The predicted molar refractivity (Wildman–Crippen MR) is 90.0 cm³/mol. The zero-order valence-electron chi connectivity index (χ0n) is 14.0. The summed E-state index contributed by atoms with van der Waals surface area (Å²) in [5.74, 6) is 0.124. The molecule has 1 fully saturated rings. The van der Waals surface area contributed by atoms with Crippen molar-refractivity contribution < 1.29 is 9.59 Å². The average molecular weight is 318 g/mol. The molecule has 23 heavy (non-hydrogen) atoms. The van der Waals surface area contributed by atoms with Crippen molar-refractivity contribution >= 4 is 11.9 Å². The van der Waals surface area contributed by atoms with E-state index in [-0.39, 0.29) is 11.9 Å². The first kappa shape index (κ1) is 17.3. The van der Waals surface area contributed by atoms with Gasteiger partial charge in [-0.1, -0.05) is 30.3 Å². The van der Waals surface area contributed by atoms with Gasteiger partial charge in [-0.25, -0.2) is 4.79 Å². The van der Waals surface area contributed by atoms with Crippen LogP contribution in [0.1, 0.15) is 12.5 Å². The molecule has 1 aliphatic rings. The third kappa shape index (κ3) is 5.25. The summed E-state index contributed by atoms with van der Waals surface area (Å²) in [6.45, 7) is 6.09. The molecule has 1 heterocycles. The van der Waals surface area contributed by atoms with Crippen molar-refractivity contribution in [3.63, 3.8) is 0 Å². The Kier molecular flexibility index (Phi) is 6.40. The highest BCUT2D eigenvalue weighted by Crippen LogP contribution is 2.06. The zero-order valence-corrected chi connectivity index (χ0v) is 14.0. The van der Waals surface area contributed by atoms with E-state index >= 15 is 0 Å². The molecule has 2 rings (SSSR count). The van der Waals surface area contributed by atoms with Gasteiger partial charge in [0, 0.05) is 39.3 Å². The lowest BCUT2D eigenvalue weighted by atomic mass is 10.2. The van der Waals surface area contributed by atoms with Crippen LogP contribution in [-0.4, -0.2) is 73.0 Å². The number of benzene rings is 1. The molecule has 3 amide bonds. The molecule has 1 aromatic rings. The number of urea groups is 1.